The lowest BCUT2D eigenvalue weighted by Crippen LogP contribution is -2.28. The Kier molecular flexibility index (Phi) is 6.06. The number of benzene rings is 2. The second-order valence-corrected chi connectivity index (χ2v) is 5.46. The minimum Gasteiger partial charge on any atom is -0.311 e. The first-order chi connectivity index (χ1) is 9.74. The van der Waals surface area contributed by atoms with E-state index in [0.717, 1.165) is 31.2 Å². The van der Waals surface area contributed by atoms with Crippen molar-refractivity contribution < 1.29 is 0 Å². The summed E-state index contributed by atoms with van der Waals surface area (Å²) < 4.78 is 0. The molecular formula is C17H21ClN2. The van der Waals surface area contributed by atoms with Gasteiger partial charge in [-0.3, -0.25) is 0 Å². The number of hydrogen-bond donors (Lipinski definition) is 1. The average Bonchev–Trinajstić information content (AvgIpc) is 2.46. The third-order valence-corrected chi connectivity index (χ3v) is 3.46. The minimum atomic E-state index is 0.788. The molecule has 0 aromatic heterocycles. The fourth-order valence-corrected chi connectivity index (χ4v) is 2.21. The lowest BCUT2D eigenvalue weighted by Gasteiger charge is -2.17. The van der Waals surface area contributed by atoms with Gasteiger partial charge in [0.25, 0.3) is 0 Å². The molecule has 0 fully saturated rings. The van der Waals surface area contributed by atoms with E-state index in [4.69, 9.17) is 11.6 Å². The molecule has 0 heterocycles. The third-order valence-electron chi connectivity index (χ3n) is 3.21. The average molecular weight is 289 g/mol. The smallest absolute Gasteiger partial charge is 0.0406 e. The van der Waals surface area contributed by atoms with Gasteiger partial charge in [-0.2, -0.15) is 0 Å². The second kappa shape index (κ2) is 8.05. The molecule has 2 rings (SSSR count). The molecule has 2 aromatic rings. The van der Waals surface area contributed by atoms with Gasteiger partial charge < -0.3 is 10.2 Å². The standard InChI is InChI=1S/C17H21ClN2/c1-20(14-16-5-3-2-4-6-16)12-11-19-13-15-7-9-17(18)10-8-15/h2-10,19H,11-14H2,1H3. The van der Waals surface area contributed by atoms with E-state index in [2.05, 4.69) is 59.7 Å². The van der Waals surface area contributed by atoms with Crippen molar-refractivity contribution in [2.45, 2.75) is 13.1 Å². The van der Waals surface area contributed by atoms with E-state index >= 15 is 0 Å². The summed E-state index contributed by atoms with van der Waals surface area (Å²) in [4.78, 5) is 2.32. The molecule has 3 heteroatoms. The Hall–Kier alpha value is -1.35. The van der Waals surface area contributed by atoms with Crippen molar-refractivity contribution in [3.8, 4) is 0 Å². The Labute approximate surface area is 126 Å². The van der Waals surface area contributed by atoms with Crippen LogP contribution in [0, 0.1) is 0 Å². The number of hydrogen-bond acceptors (Lipinski definition) is 2. The van der Waals surface area contributed by atoms with Gasteiger partial charge in [-0.05, 0) is 30.3 Å². The first-order valence-corrected chi connectivity index (χ1v) is 7.29. The summed E-state index contributed by atoms with van der Waals surface area (Å²) >= 11 is 5.86. The zero-order valence-electron chi connectivity index (χ0n) is 11.8. The number of rotatable bonds is 7. The molecule has 0 aliphatic rings. The normalized spacial score (nSPS) is 10.9. The van der Waals surface area contributed by atoms with E-state index in [0.29, 0.717) is 0 Å². The molecule has 0 amide bonds. The van der Waals surface area contributed by atoms with Crippen molar-refractivity contribution in [3.63, 3.8) is 0 Å². The molecule has 0 unspecified atom stereocenters. The fourth-order valence-electron chi connectivity index (χ4n) is 2.08. The highest BCUT2D eigenvalue weighted by atomic mass is 35.5. The van der Waals surface area contributed by atoms with Gasteiger partial charge in [-0.25, -0.2) is 0 Å². The number of halogens is 1. The molecule has 2 aromatic carbocycles. The number of nitrogens with zero attached hydrogens (tertiary/aromatic N) is 1. The van der Waals surface area contributed by atoms with Crippen LogP contribution in [-0.2, 0) is 13.1 Å². The highest BCUT2D eigenvalue weighted by molar-refractivity contribution is 6.30. The molecule has 0 saturated heterocycles. The van der Waals surface area contributed by atoms with Crippen molar-refractivity contribution in [2.75, 3.05) is 20.1 Å². The van der Waals surface area contributed by atoms with Gasteiger partial charge in [0.1, 0.15) is 0 Å². The molecular weight excluding hydrogens is 268 g/mol. The van der Waals surface area contributed by atoms with Gasteiger partial charge in [0.2, 0.25) is 0 Å². The highest BCUT2D eigenvalue weighted by Crippen LogP contribution is 2.09. The van der Waals surface area contributed by atoms with Gasteiger partial charge in [0.15, 0.2) is 0 Å². The Bertz CT molecular complexity index is 496. The predicted molar refractivity (Wildman–Crippen MR) is 85.9 cm³/mol. The van der Waals surface area contributed by atoms with E-state index in [1.54, 1.807) is 0 Å². The van der Waals surface area contributed by atoms with E-state index in [-0.39, 0.29) is 0 Å². The van der Waals surface area contributed by atoms with Gasteiger partial charge in [-0.15, -0.1) is 0 Å². The van der Waals surface area contributed by atoms with Crippen LogP contribution in [-0.4, -0.2) is 25.0 Å². The van der Waals surface area contributed by atoms with Gasteiger partial charge in [0, 0.05) is 31.2 Å². The summed E-state index contributed by atoms with van der Waals surface area (Å²) in [7, 11) is 2.15. The maximum absolute atomic E-state index is 5.86. The molecule has 106 valence electrons. The largest absolute Gasteiger partial charge is 0.311 e. The number of nitrogens with one attached hydrogen (secondary N) is 1. The summed E-state index contributed by atoms with van der Waals surface area (Å²) in [5.74, 6) is 0. The zero-order valence-corrected chi connectivity index (χ0v) is 12.6. The maximum atomic E-state index is 5.86. The van der Waals surface area contributed by atoms with Crippen molar-refractivity contribution in [1.29, 1.82) is 0 Å². The summed E-state index contributed by atoms with van der Waals surface area (Å²) in [6.07, 6.45) is 0. The van der Waals surface area contributed by atoms with Crippen LogP contribution in [0.25, 0.3) is 0 Å². The molecule has 0 saturated carbocycles. The van der Waals surface area contributed by atoms with Crippen LogP contribution in [0.4, 0.5) is 0 Å². The van der Waals surface area contributed by atoms with Crippen LogP contribution in [0.1, 0.15) is 11.1 Å². The molecule has 2 nitrogen and oxygen atoms in total. The molecule has 0 aliphatic carbocycles. The SMILES string of the molecule is CN(CCNCc1ccc(Cl)cc1)Cc1ccccc1. The maximum Gasteiger partial charge on any atom is 0.0406 e. The fraction of sp³-hybridized carbons (Fsp3) is 0.294. The monoisotopic (exact) mass is 288 g/mol. The van der Waals surface area contributed by atoms with E-state index in [9.17, 15) is 0 Å². The van der Waals surface area contributed by atoms with Crippen LogP contribution < -0.4 is 5.32 Å². The first kappa shape index (κ1) is 15.0. The zero-order chi connectivity index (χ0) is 14.2. The molecule has 20 heavy (non-hydrogen) atoms. The van der Waals surface area contributed by atoms with Gasteiger partial charge >= 0.3 is 0 Å². The van der Waals surface area contributed by atoms with Crippen molar-refractivity contribution in [2.24, 2.45) is 0 Å². The topological polar surface area (TPSA) is 15.3 Å². The van der Waals surface area contributed by atoms with Crippen molar-refractivity contribution in [3.05, 3.63) is 70.7 Å². The Balaban J connectivity index is 1.64. The summed E-state index contributed by atoms with van der Waals surface area (Å²) in [5, 5.41) is 4.24. The van der Waals surface area contributed by atoms with Crippen molar-refractivity contribution >= 4 is 11.6 Å². The Morgan fingerprint density at radius 2 is 1.65 bits per heavy atom. The van der Waals surface area contributed by atoms with Crippen LogP contribution in [0.15, 0.2) is 54.6 Å². The van der Waals surface area contributed by atoms with Gasteiger partial charge in [-0.1, -0.05) is 54.1 Å². The molecule has 0 bridgehead atoms. The lowest BCUT2D eigenvalue weighted by molar-refractivity contribution is 0.324. The quantitative estimate of drug-likeness (QED) is 0.784. The Morgan fingerprint density at radius 3 is 2.35 bits per heavy atom. The third kappa shape index (κ3) is 5.33. The molecule has 0 spiro atoms. The summed E-state index contributed by atoms with van der Waals surface area (Å²) in [6.45, 7) is 3.88. The van der Waals surface area contributed by atoms with Crippen LogP contribution in [0.5, 0.6) is 0 Å². The lowest BCUT2D eigenvalue weighted by atomic mass is 10.2. The summed E-state index contributed by atoms with van der Waals surface area (Å²) in [6, 6.07) is 18.5. The molecule has 1 N–H and O–H groups in total. The first-order valence-electron chi connectivity index (χ1n) is 6.91. The minimum absolute atomic E-state index is 0.788. The Morgan fingerprint density at radius 1 is 0.950 bits per heavy atom. The molecule has 0 radical (unpaired) electrons. The molecule has 0 atom stereocenters. The van der Waals surface area contributed by atoms with E-state index in [1.807, 2.05) is 12.1 Å². The van der Waals surface area contributed by atoms with Gasteiger partial charge in [0.05, 0.1) is 0 Å². The number of likely N-dealkylation sites (N-methyl/N-ethyl adjacent to an activating group) is 1. The second-order valence-electron chi connectivity index (χ2n) is 5.03. The van der Waals surface area contributed by atoms with Crippen LogP contribution in [0.3, 0.4) is 0 Å². The predicted octanol–water partition coefficient (Wildman–Crippen LogP) is 3.56. The van der Waals surface area contributed by atoms with E-state index < -0.39 is 0 Å². The van der Waals surface area contributed by atoms with Crippen LogP contribution >= 0.6 is 11.6 Å². The van der Waals surface area contributed by atoms with Crippen molar-refractivity contribution in [1.82, 2.24) is 10.2 Å². The van der Waals surface area contributed by atoms with Crippen LogP contribution in [0.2, 0.25) is 5.02 Å². The van der Waals surface area contributed by atoms with E-state index in [1.165, 1.54) is 11.1 Å². The summed E-state index contributed by atoms with van der Waals surface area (Å²) in [5.41, 5.74) is 2.62. The molecule has 0 aliphatic heterocycles. The highest BCUT2D eigenvalue weighted by Gasteiger charge is 1.99.